The number of fused-ring (bicyclic) bond motifs is 2. The third-order valence-corrected chi connectivity index (χ3v) is 6.20. The summed E-state index contributed by atoms with van der Waals surface area (Å²) in [7, 11) is 0. The Kier molecular flexibility index (Phi) is 4.65. The Hall–Kier alpha value is -3.35. The van der Waals surface area contributed by atoms with Gasteiger partial charge in [-0.15, -0.1) is 0 Å². The molecular weight excluding hydrogens is 418 g/mol. The van der Waals surface area contributed by atoms with E-state index in [0.717, 1.165) is 33.2 Å². The van der Waals surface area contributed by atoms with E-state index >= 15 is 0 Å². The Balaban J connectivity index is 1.66. The number of hydrogen-bond donors (Lipinski definition) is 0. The second-order valence-corrected chi connectivity index (χ2v) is 8.23. The molecular formula is C23H14ClN3O2S. The van der Waals surface area contributed by atoms with Crippen molar-refractivity contribution < 1.29 is 0 Å². The highest BCUT2D eigenvalue weighted by Gasteiger charge is 2.13. The molecule has 2 heterocycles. The molecule has 5 aromatic rings. The summed E-state index contributed by atoms with van der Waals surface area (Å²) in [6, 6.07) is 21.1. The lowest BCUT2D eigenvalue weighted by atomic mass is 10.0. The van der Waals surface area contributed by atoms with Crippen LogP contribution >= 0.6 is 22.9 Å². The van der Waals surface area contributed by atoms with Crippen molar-refractivity contribution in [3.8, 4) is 0 Å². The van der Waals surface area contributed by atoms with Crippen molar-refractivity contribution in [3.05, 3.63) is 114 Å². The predicted octanol–water partition coefficient (Wildman–Crippen LogP) is 3.46. The van der Waals surface area contributed by atoms with Gasteiger partial charge in [-0.05, 0) is 34.0 Å². The highest BCUT2D eigenvalue weighted by Crippen LogP contribution is 2.19. The Morgan fingerprint density at radius 3 is 2.60 bits per heavy atom. The molecule has 0 saturated carbocycles. The number of rotatable bonds is 3. The highest BCUT2D eigenvalue weighted by atomic mass is 35.5. The lowest BCUT2D eigenvalue weighted by Crippen LogP contribution is -2.28. The molecule has 7 heteroatoms. The van der Waals surface area contributed by atoms with E-state index in [2.05, 4.69) is 10.1 Å². The van der Waals surface area contributed by atoms with Gasteiger partial charge in [0, 0.05) is 11.4 Å². The summed E-state index contributed by atoms with van der Waals surface area (Å²) in [5.74, 6) is 0. The molecule has 146 valence electrons. The van der Waals surface area contributed by atoms with Crippen LogP contribution in [0.25, 0.3) is 21.8 Å². The van der Waals surface area contributed by atoms with Gasteiger partial charge in [0.25, 0.3) is 11.1 Å². The molecule has 0 radical (unpaired) electrons. The van der Waals surface area contributed by atoms with Gasteiger partial charge < -0.3 is 0 Å². The molecule has 5 rings (SSSR count). The van der Waals surface area contributed by atoms with Crippen molar-refractivity contribution in [2.75, 3.05) is 0 Å². The van der Waals surface area contributed by atoms with Gasteiger partial charge in [0.2, 0.25) is 4.96 Å². The van der Waals surface area contributed by atoms with Crippen molar-refractivity contribution in [1.29, 1.82) is 0 Å². The molecule has 0 fully saturated rings. The Bertz CT molecular complexity index is 1580. The third kappa shape index (κ3) is 3.30. The van der Waals surface area contributed by atoms with E-state index < -0.39 is 5.56 Å². The molecule has 0 spiro atoms. The Morgan fingerprint density at radius 2 is 1.73 bits per heavy atom. The molecule has 0 saturated heterocycles. The number of halogens is 1. The first-order valence-electron chi connectivity index (χ1n) is 9.26. The van der Waals surface area contributed by atoms with Crippen LogP contribution in [0.3, 0.4) is 0 Å². The molecule has 0 bridgehead atoms. The highest BCUT2D eigenvalue weighted by molar-refractivity contribution is 7.15. The standard InChI is InChI=1S/C23H14ClN3O2S/c24-18-11-4-2-7-16(18)12-19-21(28)25-23-27(26-19)22(29)20(30-23)13-15-9-5-8-14-6-1-3-10-17(14)15/h1-11,13H,12H2/b20-13-. The molecule has 0 aliphatic heterocycles. The zero-order valence-corrected chi connectivity index (χ0v) is 17.2. The van der Waals surface area contributed by atoms with Crippen LogP contribution in [0.5, 0.6) is 0 Å². The number of nitrogens with zero attached hydrogens (tertiary/aromatic N) is 3. The molecule has 0 atom stereocenters. The van der Waals surface area contributed by atoms with Crippen LogP contribution in [-0.4, -0.2) is 14.6 Å². The molecule has 0 aliphatic rings. The van der Waals surface area contributed by atoms with Crippen LogP contribution in [0.15, 0.2) is 76.3 Å². The van der Waals surface area contributed by atoms with E-state index in [9.17, 15) is 9.59 Å². The molecule has 3 aromatic carbocycles. The zero-order chi connectivity index (χ0) is 20.7. The van der Waals surface area contributed by atoms with E-state index in [-0.39, 0.29) is 22.6 Å². The third-order valence-electron chi connectivity index (χ3n) is 4.88. The summed E-state index contributed by atoms with van der Waals surface area (Å²) in [6.07, 6.45) is 2.04. The van der Waals surface area contributed by atoms with Gasteiger partial charge in [-0.2, -0.15) is 14.6 Å². The average molecular weight is 432 g/mol. The van der Waals surface area contributed by atoms with Crippen molar-refractivity contribution >= 4 is 44.7 Å². The normalized spacial score (nSPS) is 12.1. The van der Waals surface area contributed by atoms with Crippen molar-refractivity contribution in [2.24, 2.45) is 0 Å². The summed E-state index contributed by atoms with van der Waals surface area (Å²) >= 11 is 7.35. The van der Waals surface area contributed by atoms with Crippen LogP contribution in [0, 0.1) is 0 Å². The SMILES string of the molecule is O=c1nc2s/c(=C\c3cccc4ccccc34)c(=O)n2nc1Cc1ccccc1Cl. The Labute approximate surface area is 179 Å². The average Bonchev–Trinajstić information content (AvgIpc) is 3.04. The van der Waals surface area contributed by atoms with Gasteiger partial charge in [0.05, 0.1) is 4.53 Å². The van der Waals surface area contributed by atoms with Crippen LogP contribution < -0.4 is 15.7 Å². The van der Waals surface area contributed by atoms with E-state index in [0.29, 0.717) is 9.55 Å². The second kappa shape index (κ2) is 7.48. The fourth-order valence-corrected chi connectivity index (χ4v) is 4.49. The van der Waals surface area contributed by atoms with Crippen molar-refractivity contribution in [1.82, 2.24) is 14.6 Å². The first-order valence-corrected chi connectivity index (χ1v) is 10.5. The second-order valence-electron chi connectivity index (χ2n) is 6.81. The summed E-state index contributed by atoms with van der Waals surface area (Å²) in [6.45, 7) is 0. The summed E-state index contributed by atoms with van der Waals surface area (Å²) in [5.41, 5.74) is 1.13. The Morgan fingerprint density at radius 1 is 0.967 bits per heavy atom. The minimum absolute atomic E-state index is 0.187. The van der Waals surface area contributed by atoms with Gasteiger partial charge in [-0.25, -0.2) is 0 Å². The van der Waals surface area contributed by atoms with Crippen molar-refractivity contribution in [2.45, 2.75) is 6.42 Å². The summed E-state index contributed by atoms with van der Waals surface area (Å²) in [5, 5.41) is 6.98. The van der Waals surface area contributed by atoms with Gasteiger partial charge in [0.15, 0.2) is 0 Å². The maximum atomic E-state index is 13.0. The lowest BCUT2D eigenvalue weighted by Gasteiger charge is -2.02. The molecule has 5 nitrogen and oxygen atoms in total. The number of aromatic nitrogens is 3. The fraction of sp³-hybridized carbons (Fsp3) is 0.0435. The minimum Gasteiger partial charge on any atom is -0.266 e. The molecule has 0 N–H and O–H groups in total. The predicted molar refractivity (Wildman–Crippen MR) is 120 cm³/mol. The smallest absolute Gasteiger partial charge is 0.266 e. The van der Waals surface area contributed by atoms with Gasteiger partial charge in [-0.3, -0.25) is 9.59 Å². The number of hydrogen-bond acceptors (Lipinski definition) is 5. The maximum absolute atomic E-state index is 13.0. The quantitative estimate of drug-likeness (QED) is 0.439. The van der Waals surface area contributed by atoms with Crippen LogP contribution in [0.4, 0.5) is 0 Å². The maximum Gasteiger partial charge on any atom is 0.296 e. The van der Waals surface area contributed by atoms with Crippen LogP contribution in [0.1, 0.15) is 16.8 Å². The molecule has 0 unspecified atom stereocenters. The van der Waals surface area contributed by atoms with E-state index in [1.54, 1.807) is 6.07 Å². The molecule has 0 amide bonds. The van der Waals surface area contributed by atoms with E-state index in [4.69, 9.17) is 11.6 Å². The first-order chi connectivity index (χ1) is 14.6. The number of benzene rings is 3. The van der Waals surface area contributed by atoms with Crippen molar-refractivity contribution in [3.63, 3.8) is 0 Å². The summed E-state index contributed by atoms with van der Waals surface area (Å²) in [4.78, 5) is 29.8. The topological polar surface area (TPSA) is 64.3 Å². The van der Waals surface area contributed by atoms with Gasteiger partial charge in [0.1, 0.15) is 5.69 Å². The molecule has 30 heavy (non-hydrogen) atoms. The minimum atomic E-state index is -0.451. The molecule has 2 aromatic heterocycles. The van der Waals surface area contributed by atoms with E-state index in [1.165, 1.54) is 4.52 Å². The van der Waals surface area contributed by atoms with Gasteiger partial charge >= 0.3 is 0 Å². The zero-order valence-electron chi connectivity index (χ0n) is 15.6. The first kappa shape index (κ1) is 18.7. The summed E-state index contributed by atoms with van der Waals surface area (Å²) < 4.78 is 1.68. The molecule has 0 aliphatic carbocycles. The van der Waals surface area contributed by atoms with Crippen LogP contribution in [0.2, 0.25) is 5.02 Å². The van der Waals surface area contributed by atoms with Crippen LogP contribution in [-0.2, 0) is 6.42 Å². The largest absolute Gasteiger partial charge is 0.296 e. The van der Waals surface area contributed by atoms with E-state index in [1.807, 2.05) is 66.7 Å². The number of thiazole rings is 1. The van der Waals surface area contributed by atoms with Gasteiger partial charge in [-0.1, -0.05) is 83.6 Å². The monoisotopic (exact) mass is 431 g/mol. The lowest BCUT2D eigenvalue weighted by molar-refractivity contribution is 0.811. The fourth-order valence-electron chi connectivity index (χ4n) is 3.39.